The molecule has 1 atom stereocenters. The molecule has 0 saturated carbocycles. The summed E-state index contributed by atoms with van der Waals surface area (Å²) in [6.45, 7) is 0.981. The van der Waals surface area contributed by atoms with E-state index in [9.17, 15) is 0 Å². The molecule has 0 radical (unpaired) electrons. The zero-order valence-corrected chi connectivity index (χ0v) is 14.2. The summed E-state index contributed by atoms with van der Waals surface area (Å²) >= 11 is 7.55. The molecule has 0 bridgehead atoms. The summed E-state index contributed by atoms with van der Waals surface area (Å²) in [5.74, 6) is 3.76. The summed E-state index contributed by atoms with van der Waals surface area (Å²) in [4.78, 5) is 4.50. The van der Waals surface area contributed by atoms with Gasteiger partial charge in [0.15, 0.2) is 0 Å². The van der Waals surface area contributed by atoms with Gasteiger partial charge in [-0.05, 0) is 34.1 Å². The second-order valence-corrected chi connectivity index (χ2v) is 8.17. The molecule has 1 fully saturated rings. The van der Waals surface area contributed by atoms with E-state index >= 15 is 0 Å². The van der Waals surface area contributed by atoms with Crippen LogP contribution in [0.5, 0.6) is 0 Å². The third-order valence-electron chi connectivity index (χ3n) is 3.26. The molecule has 1 aromatic carbocycles. The third kappa shape index (κ3) is 3.18. The van der Waals surface area contributed by atoms with Gasteiger partial charge in [-0.25, -0.2) is 0 Å². The van der Waals surface area contributed by atoms with Gasteiger partial charge in [0.1, 0.15) is 0 Å². The Kier molecular flexibility index (Phi) is 4.63. The Labute approximate surface area is 135 Å². The van der Waals surface area contributed by atoms with Crippen LogP contribution in [0.1, 0.15) is 0 Å². The van der Waals surface area contributed by atoms with Gasteiger partial charge in [0.2, 0.25) is 0 Å². The van der Waals surface area contributed by atoms with Crippen LogP contribution in [0.4, 0.5) is 11.4 Å². The predicted molar refractivity (Wildman–Crippen MR) is 95.9 cm³/mol. The number of hydrogen-bond donors (Lipinski definition) is 2. The van der Waals surface area contributed by atoms with E-state index in [0.29, 0.717) is 5.25 Å². The molecular weight excluding hydrogens is 354 g/mol. The molecule has 2 aromatic rings. The van der Waals surface area contributed by atoms with Crippen LogP contribution in [-0.2, 0) is 0 Å². The van der Waals surface area contributed by atoms with E-state index in [0.717, 1.165) is 33.3 Å². The average Bonchev–Trinajstić information content (AvgIpc) is 2.48. The first-order valence-electron chi connectivity index (χ1n) is 6.51. The summed E-state index contributed by atoms with van der Waals surface area (Å²) in [5, 5.41) is 5.21. The van der Waals surface area contributed by atoms with Crippen molar-refractivity contribution in [1.82, 2.24) is 4.98 Å². The van der Waals surface area contributed by atoms with Crippen molar-refractivity contribution in [3.05, 3.63) is 28.9 Å². The van der Waals surface area contributed by atoms with Crippen molar-refractivity contribution in [3.63, 3.8) is 0 Å². The minimum atomic E-state index is 0.678. The summed E-state index contributed by atoms with van der Waals surface area (Å²) in [6.07, 6.45) is 1.82. The minimum absolute atomic E-state index is 0.678. The van der Waals surface area contributed by atoms with E-state index in [1.54, 1.807) is 0 Å². The fourth-order valence-corrected chi connectivity index (χ4v) is 5.18. The van der Waals surface area contributed by atoms with Crippen LogP contribution in [0.25, 0.3) is 10.9 Å². The molecule has 1 aliphatic heterocycles. The number of pyridine rings is 1. The number of halogens is 1. The first-order chi connectivity index (χ1) is 9.74. The highest BCUT2D eigenvalue weighted by Crippen LogP contribution is 2.30. The Hall–Kier alpha value is -0.590. The second kappa shape index (κ2) is 6.45. The Morgan fingerprint density at radius 3 is 3.10 bits per heavy atom. The topological polar surface area (TPSA) is 50.9 Å². The van der Waals surface area contributed by atoms with Crippen molar-refractivity contribution in [1.29, 1.82) is 0 Å². The summed E-state index contributed by atoms with van der Waals surface area (Å²) < 4.78 is 0.952. The van der Waals surface area contributed by atoms with Gasteiger partial charge in [0.25, 0.3) is 0 Å². The van der Waals surface area contributed by atoms with Gasteiger partial charge in [-0.1, -0.05) is 0 Å². The van der Waals surface area contributed by atoms with Gasteiger partial charge in [0.05, 0.1) is 11.2 Å². The molecule has 106 valence electrons. The first-order valence-corrected chi connectivity index (χ1v) is 9.50. The lowest BCUT2D eigenvalue weighted by atomic mass is 10.1. The Morgan fingerprint density at radius 1 is 1.40 bits per heavy atom. The molecule has 1 aliphatic rings. The Balaban J connectivity index is 1.82. The number of anilines is 2. The highest BCUT2D eigenvalue weighted by Gasteiger charge is 2.14. The lowest BCUT2D eigenvalue weighted by molar-refractivity contribution is 1.01. The number of thioether (sulfide) groups is 2. The number of nitrogens with one attached hydrogen (secondary N) is 1. The lowest BCUT2D eigenvalue weighted by Crippen LogP contribution is -2.23. The van der Waals surface area contributed by atoms with E-state index < -0.39 is 0 Å². The van der Waals surface area contributed by atoms with Gasteiger partial charge in [0, 0.05) is 50.8 Å². The van der Waals surface area contributed by atoms with Crippen LogP contribution in [0.3, 0.4) is 0 Å². The fourth-order valence-electron chi connectivity index (χ4n) is 2.24. The zero-order chi connectivity index (χ0) is 13.9. The van der Waals surface area contributed by atoms with Gasteiger partial charge in [-0.2, -0.15) is 23.5 Å². The maximum atomic E-state index is 6.04. The van der Waals surface area contributed by atoms with Crippen LogP contribution in [0, 0.1) is 0 Å². The number of nitrogen functional groups attached to an aromatic ring is 1. The molecule has 20 heavy (non-hydrogen) atoms. The number of rotatable bonds is 3. The van der Waals surface area contributed by atoms with Crippen molar-refractivity contribution in [2.75, 3.05) is 34.9 Å². The smallest absolute Gasteiger partial charge is 0.0954 e. The van der Waals surface area contributed by atoms with Gasteiger partial charge < -0.3 is 11.1 Å². The van der Waals surface area contributed by atoms with Crippen LogP contribution >= 0.6 is 39.5 Å². The van der Waals surface area contributed by atoms with E-state index in [4.69, 9.17) is 5.73 Å². The monoisotopic (exact) mass is 369 g/mol. The molecule has 6 heteroatoms. The van der Waals surface area contributed by atoms with Crippen molar-refractivity contribution in [2.24, 2.45) is 0 Å². The van der Waals surface area contributed by atoms with Gasteiger partial charge in [-0.15, -0.1) is 0 Å². The molecule has 2 heterocycles. The molecule has 0 spiro atoms. The third-order valence-corrected chi connectivity index (χ3v) is 6.53. The summed E-state index contributed by atoms with van der Waals surface area (Å²) in [7, 11) is 0. The van der Waals surface area contributed by atoms with E-state index in [1.807, 2.05) is 36.2 Å². The molecule has 3 rings (SSSR count). The van der Waals surface area contributed by atoms with Gasteiger partial charge >= 0.3 is 0 Å². The van der Waals surface area contributed by atoms with Gasteiger partial charge in [-0.3, -0.25) is 4.98 Å². The zero-order valence-electron chi connectivity index (χ0n) is 10.9. The molecule has 3 N–H and O–H groups in total. The minimum Gasteiger partial charge on any atom is -0.398 e. The number of hydrogen-bond acceptors (Lipinski definition) is 5. The van der Waals surface area contributed by atoms with E-state index in [-0.39, 0.29) is 0 Å². The van der Waals surface area contributed by atoms with Crippen molar-refractivity contribution in [2.45, 2.75) is 5.25 Å². The van der Waals surface area contributed by atoms with Crippen molar-refractivity contribution in [3.8, 4) is 0 Å². The maximum Gasteiger partial charge on any atom is 0.0954 e. The molecular formula is C14H16BrN3S2. The normalized spacial score (nSPS) is 19.1. The summed E-state index contributed by atoms with van der Waals surface area (Å²) in [6, 6.07) is 5.99. The lowest BCUT2D eigenvalue weighted by Gasteiger charge is -2.22. The van der Waals surface area contributed by atoms with Crippen molar-refractivity contribution < 1.29 is 0 Å². The number of aromatic nitrogens is 1. The number of benzene rings is 1. The number of nitrogens with zero attached hydrogens (tertiary/aromatic N) is 1. The Bertz CT molecular complexity index is 615. The number of fused-ring (bicyclic) bond motifs is 1. The van der Waals surface area contributed by atoms with E-state index in [2.05, 4.69) is 38.0 Å². The molecule has 0 amide bonds. The Morgan fingerprint density at radius 2 is 2.30 bits per heavy atom. The van der Waals surface area contributed by atoms with Crippen LogP contribution in [-0.4, -0.2) is 34.0 Å². The standard InChI is InChI=1S/C14H16BrN3S2/c15-9-5-11-12(16)1-2-13(14(11)18-6-9)17-7-10-8-19-3-4-20-10/h1-2,5-6,10,17H,3-4,7-8,16H2. The average molecular weight is 370 g/mol. The van der Waals surface area contributed by atoms with Crippen molar-refractivity contribution >= 4 is 61.7 Å². The highest BCUT2D eigenvalue weighted by molar-refractivity contribution is 9.10. The molecule has 1 saturated heterocycles. The number of nitrogens with two attached hydrogens (primary N) is 1. The largest absolute Gasteiger partial charge is 0.398 e. The molecule has 1 unspecified atom stereocenters. The summed E-state index contributed by atoms with van der Waals surface area (Å²) in [5.41, 5.74) is 8.82. The van der Waals surface area contributed by atoms with Crippen LogP contribution in [0.2, 0.25) is 0 Å². The fraction of sp³-hybridized carbons (Fsp3) is 0.357. The van der Waals surface area contributed by atoms with E-state index in [1.165, 1.54) is 17.3 Å². The second-order valence-electron chi connectivity index (χ2n) is 4.70. The predicted octanol–water partition coefficient (Wildman–Crippen LogP) is 3.84. The van der Waals surface area contributed by atoms with Crippen LogP contribution < -0.4 is 11.1 Å². The maximum absolute atomic E-state index is 6.04. The first kappa shape index (κ1) is 14.4. The SMILES string of the molecule is Nc1ccc(NCC2CSCCS2)c2ncc(Br)cc12. The molecule has 0 aliphatic carbocycles. The quantitative estimate of drug-likeness (QED) is 0.804. The highest BCUT2D eigenvalue weighted by atomic mass is 79.9. The molecule has 3 nitrogen and oxygen atoms in total. The molecule has 1 aromatic heterocycles. The van der Waals surface area contributed by atoms with Crippen LogP contribution in [0.15, 0.2) is 28.9 Å².